The molecule has 150 valence electrons. The van der Waals surface area contributed by atoms with E-state index in [2.05, 4.69) is 15.3 Å². The van der Waals surface area contributed by atoms with Crippen LogP contribution in [0.2, 0.25) is 0 Å². The van der Waals surface area contributed by atoms with E-state index in [4.69, 9.17) is 0 Å². The van der Waals surface area contributed by atoms with Gasteiger partial charge in [-0.25, -0.2) is 14.4 Å². The Balaban J connectivity index is 1.66. The lowest BCUT2D eigenvalue weighted by atomic mass is 10.1. The van der Waals surface area contributed by atoms with Gasteiger partial charge in [0.25, 0.3) is 5.91 Å². The summed E-state index contributed by atoms with van der Waals surface area (Å²) >= 11 is 0. The summed E-state index contributed by atoms with van der Waals surface area (Å²) in [4.78, 5) is 23.4. The molecule has 0 atom stereocenters. The largest absolute Gasteiger partial charge is 0.354 e. The van der Waals surface area contributed by atoms with Crippen LogP contribution < -0.4 is 5.32 Å². The second-order valence-electron chi connectivity index (χ2n) is 7.05. The van der Waals surface area contributed by atoms with Gasteiger partial charge in [0.2, 0.25) is 5.95 Å². The molecule has 0 saturated carbocycles. The Morgan fingerprint density at radius 2 is 1.79 bits per heavy atom. The first-order chi connectivity index (χ1) is 14.0. The number of halogens is 1. The van der Waals surface area contributed by atoms with Crippen LogP contribution in [0.1, 0.15) is 35.5 Å². The van der Waals surface area contributed by atoms with E-state index < -0.39 is 0 Å². The summed E-state index contributed by atoms with van der Waals surface area (Å²) in [7, 11) is 0. The first-order valence-electron chi connectivity index (χ1n) is 9.70. The van der Waals surface area contributed by atoms with E-state index in [1.807, 2.05) is 44.2 Å². The predicted octanol–water partition coefficient (Wildman–Crippen LogP) is 4.32. The summed E-state index contributed by atoms with van der Waals surface area (Å²) in [6.45, 7) is 4.94. The molecule has 1 amide bonds. The molecule has 1 heterocycles. The maximum Gasteiger partial charge on any atom is 0.273 e. The number of carbonyl (C=O) groups is 1. The van der Waals surface area contributed by atoms with Gasteiger partial charge in [-0.2, -0.15) is 0 Å². The number of aromatic nitrogens is 2. The van der Waals surface area contributed by atoms with Gasteiger partial charge in [0.1, 0.15) is 11.5 Å². The van der Waals surface area contributed by atoms with Crippen LogP contribution in [0.25, 0.3) is 0 Å². The van der Waals surface area contributed by atoms with E-state index in [0.717, 1.165) is 5.56 Å². The number of anilines is 1. The van der Waals surface area contributed by atoms with Crippen molar-refractivity contribution in [3.63, 3.8) is 0 Å². The third-order valence-corrected chi connectivity index (χ3v) is 4.59. The van der Waals surface area contributed by atoms with Crippen molar-refractivity contribution in [1.29, 1.82) is 0 Å². The molecule has 1 aromatic heterocycles. The standard InChI is InChI=1S/C23H25FN4O/c1-17(2)28(16-18-8-4-3-5-9-18)22(29)21-13-15-26-23(27-21)25-14-12-19-10-6-7-11-20(19)24/h3-11,13,15,17H,12,14,16H2,1-2H3,(H,25,26,27). The molecule has 0 aliphatic rings. The molecule has 1 N–H and O–H groups in total. The summed E-state index contributed by atoms with van der Waals surface area (Å²) in [5, 5.41) is 3.07. The van der Waals surface area contributed by atoms with Gasteiger partial charge in [0.15, 0.2) is 0 Å². The molecule has 0 unspecified atom stereocenters. The topological polar surface area (TPSA) is 58.1 Å². The highest BCUT2D eigenvalue weighted by Crippen LogP contribution is 2.13. The Labute approximate surface area is 170 Å². The summed E-state index contributed by atoms with van der Waals surface area (Å²) < 4.78 is 13.7. The average molecular weight is 392 g/mol. The number of benzene rings is 2. The van der Waals surface area contributed by atoms with Crippen LogP contribution in [0.4, 0.5) is 10.3 Å². The van der Waals surface area contributed by atoms with E-state index >= 15 is 0 Å². The molecule has 3 aromatic rings. The van der Waals surface area contributed by atoms with Crippen molar-refractivity contribution in [3.8, 4) is 0 Å². The van der Waals surface area contributed by atoms with Crippen LogP contribution in [-0.2, 0) is 13.0 Å². The van der Waals surface area contributed by atoms with Crippen LogP contribution >= 0.6 is 0 Å². The highest BCUT2D eigenvalue weighted by molar-refractivity contribution is 5.92. The van der Waals surface area contributed by atoms with Gasteiger partial charge in [0, 0.05) is 25.3 Å². The molecule has 0 saturated heterocycles. The Morgan fingerprint density at radius 1 is 1.07 bits per heavy atom. The van der Waals surface area contributed by atoms with E-state index in [0.29, 0.717) is 36.7 Å². The number of nitrogens with zero attached hydrogens (tertiary/aromatic N) is 3. The number of nitrogens with one attached hydrogen (secondary N) is 1. The fourth-order valence-corrected chi connectivity index (χ4v) is 2.99. The van der Waals surface area contributed by atoms with Crippen LogP contribution in [-0.4, -0.2) is 33.4 Å². The van der Waals surface area contributed by atoms with Crippen LogP contribution in [0.3, 0.4) is 0 Å². The van der Waals surface area contributed by atoms with E-state index in [1.165, 1.54) is 6.07 Å². The minimum absolute atomic E-state index is 0.0233. The number of amides is 1. The van der Waals surface area contributed by atoms with Gasteiger partial charge in [-0.05, 0) is 43.5 Å². The monoisotopic (exact) mass is 392 g/mol. The third kappa shape index (κ3) is 5.60. The lowest BCUT2D eigenvalue weighted by Crippen LogP contribution is -2.37. The summed E-state index contributed by atoms with van der Waals surface area (Å²) in [6.07, 6.45) is 2.06. The zero-order valence-electron chi connectivity index (χ0n) is 16.7. The van der Waals surface area contributed by atoms with Gasteiger partial charge in [-0.3, -0.25) is 4.79 Å². The van der Waals surface area contributed by atoms with Gasteiger partial charge >= 0.3 is 0 Å². The second-order valence-corrected chi connectivity index (χ2v) is 7.05. The highest BCUT2D eigenvalue weighted by Gasteiger charge is 2.20. The van der Waals surface area contributed by atoms with Crippen molar-refractivity contribution >= 4 is 11.9 Å². The lowest BCUT2D eigenvalue weighted by molar-refractivity contribution is 0.0684. The molecule has 0 bridgehead atoms. The SMILES string of the molecule is CC(C)N(Cc1ccccc1)C(=O)c1ccnc(NCCc2ccccc2F)n1. The first kappa shape index (κ1) is 20.5. The van der Waals surface area contributed by atoms with E-state index in [1.54, 1.807) is 35.4 Å². The maximum atomic E-state index is 13.7. The molecule has 0 aliphatic carbocycles. The Hall–Kier alpha value is -3.28. The van der Waals surface area contributed by atoms with Gasteiger partial charge in [-0.15, -0.1) is 0 Å². The predicted molar refractivity (Wildman–Crippen MR) is 112 cm³/mol. The average Bonchev–Trinajstić information content (AvgIpc) is 2.74. The van der Waals surface area contributed by atoms with Gasteiger partial charge < -0.3 is 10.2 Å². The normalized spacial score (nSPS) is 10.8. The quantitative estimate of drug-likeness (QED) is 0.620. The Morgan fingerprint density at radius 3 is 2.52 bits per heavy atom. The van der Waals surface area contributed by atoms with Crippen LogP contribution in [0.15, 0.2) is 66.9 Å². The first-order valence-corrected chi connectivity index (χ1v) is 9.70. The highest BCUT2D eigenvalue weighted by atomic mass is 19.1. The molecule has 0 spiro atoms. The minimum Gasteiger partial charge on any atom is -0.354 e. The smallest absolute Gasteiger partial charge is 0.273 e. The van der Waals surface area contributed by atoms with E-state index in [9.17, 15) is 9.18 Å². The van der Waals surface area contributed by atoms with Gasteiger partial charge in [0.05, 0.1) is 0 Å². The third-order valence-electron chi connectivity index (χ3n) is 4.59. The van der Waals surface area contributed by atoms with Crippen LogP contribution in [0.5, 0.6) is 0 Å². The van der Waals surface area contributed by atoms with Crippen molar-refractivity contribution < 1.29 is 9.18 Å². The summed E-state index contributed by atoms with van der Waals surface area (Å²) in [5.74, 6) is -0.0216. The van der Waals surface area contributed by atoms with Crippen molar-refractivity contribution in [2.45, 2.75) is 32.9 Å². The zero-order chi connectivity index (χ0) is 20.6. The number of rotatable bonds is 8. The zero-order valence-corrected chi connectivity index (χ0v) is 16.7. The molecule has 5 nitrogen and oxygen atoms in total. The van der Waals surface area contributed by atoms with Crippen molar-refractivity contribution in [3.05, 3.63) is 89.5 Å². The van der Waals surface area contributed by atoms with E-state index in [-0.39, 0.29) is 17.8 Å². The molecule has 3 rings (SSSR count). The van der Waals surface area contributed by atoms with Crippen molar-refractivity contribution in [1.82, 2.24) is 14.9 Å². The molecule has 29 heavy (non-hydrogen) atoms. The van der Waals surface area contributed by atoms with Crippen molar-refractivity contribution in [2.75, 3.05) is 11.9 Å². The number of carbonyl (C=O) groups excluding carboxylic acids is 1. The Kier molecular flexibility index (Phi) is 6.89. The second kappa shape index (κ2) is 9.78. The summed E-state index contributed by atoms with van der Waals surface area (Å²) in [6, 6.07) is 18.2. The molecular weight excluding hydrogens is 367 g/mol. The molecule has 0 radical (unpaired) electrons. The van der Waals surface area contributed by atoms with Crippen LogP contribution in [0, 0.1) is 5.82 Å². The number of hydrogen-bond acceptors (Lipinski definition) is 4. The molecule has 2 aromatic carbocycles. The molecule has 0 fully saturated rings. The summed E-state index contributed by atoms with van der Waals surface area (Å²) in [5.41, 5.74) is 2.02. The fraction of sp³-hybridized carbons (Fsp3) is 0.261. The molecular formula is C23H25FN4O. The molecule has 0 aliphatic heterocycles. The fourth-order valence-electron chi connectivity index (χ4n) is 2.99. The Bertz CT molecular complexity index is 946. The maximum absolute atomic E-state index is 13.7. The number of hydrogen-bond donors (Lipinski definition) is 1. The van der Waals surface area contributed by atoms with Gasteiger partial charge in [-0.1, -0.05) is 48.5 Å². The minimum atomic E-state index is -0.229. The van der Waals surface area contributed by atoms with Crippen molar-refractivity contribution in [2.24, 2.45) is 0 Å². The molecule has 6 heteroatoms. The lowest BCUT2D eigenvalue weighted by Gasteiger charge is -2.26.